The zero-order chi connectivity index (χ0) is 17.8. The van der Waals surface area contributed by atoms with Crippen molar-refractivity contribution in [2.75, 3.05) is 0 Å². The van der Waals surface area contributed by atoms with Crippen LogP contribution < -0.4 is 15.9 Å². The summed E-state index contributed by atoms with van der Waals surface area (Å²) in [5.41, 5.74) is 2.65. The predicted molar refractivity (Wildman–Crippen MR) is 113 cm³/mol. The van der Waals surface area contributed by atoms with Crippen LogP contribution in [0.1, 0.15) is 24.1 Å². The molecule has 1 atom stereocenters. The van der Waals surface area contributed by atoms with Gasteiger partial charge in [0.1, 0.15) is 0 Å². The number of rotatable bonds is 5. The van der Waals surface area contributed by atoms with Crippen molar-refractivity contribution in [3.63, 3.8) is 0 Å². The van der Waals surface area contributed by atoms with Gasteiger partial charge < -0.3 is 4.98 Å². The molecule has 0 unspecified atom stereocenters. The lowest BCUT2D eigenvalue weighted by Crippen LogP contribution is -2.24. The number of nitrogens with one attached hydrogen (secondary N) is 1. The first-order valence-electron chi connectivity index (χ1n) is 8.97. The number of aromatic amines is 1. The number of hydrogen-bond donors (Lipinski definition) is 1. The molecule has 1 heterocycles. The third-order valence-corrected chi connectivity index (χ3v) is 7.28. The van der Waals surface area contributed by atoms with Crippen molar-refractivity contribution in [1.82, 2.24) is 4.98 Å². The summed E-state index contributed by atoms with van der Waals surface area (Å²) in [5, 5.41) is 4.21. The Labute approximate surface area is 156 Å². The summed E-state index contributed by atoms with van der Waals surface area (Å²) in [5.74, 6) is 0.332. The summed E-state index contributed by atoms with van der Waals surface area (Å²) in [6, 6.07) is 35.0. The number of hydrogen-bond acceptors (Lipinski definition) is 0. The van der Waals surface area contributed by atoms with E-state index in [0.29, 0.717) is 5.92 Å². The molecule has 0 fully saturated rings. The first kappa shape index (κ1) is 16.8. The van der Waals surface area contributed by atoms with Gasteiger partial charge >= 0.3 is 0 Å². The van der Waals surface area contributed by atoms with Crippen molar-refractivity contribution in [3.8, 4) is 0 Å². The predicted octanol–water partition coefficient (Wildman–Crippen LogP) is 4.92. The molecule has 0 saturated heterocycles. The Kier molecular flexibility index (Phi) is 5.00. The average molecular weight is 355 g/mol. The van der Waals surface area contributed by atoms with Gasteiger partial charge in [-0.25, -0.2) is 0 Å². The number of H-pyrrole nitrogens is 1. The maximum atomic E-state index is 3.39. The van der Waals surface area contributed by atoms with E-state index >= 15 is 0 Å². The minimum atomic E-state index is -0.589. The highest BCUT2D eigenvalue weighted by molar-refractivity contribution is 7.79. The van der Waals surface area contributed by atoms with Gasteiger partial charge in [0.2, 0.25) is 0 Å². The molecule has 26 heavy (non-hydrogen) atoms. The maximum absolute atomic E-state index is 3.39. The molecule has 4 rings (SSSR count). The Morgan fingerprint density at radius 2 is 1.23 bits per heavy atom. The summed E-state index contributed by atoms with van der Waals surface area (Å²) in [6.07, 6.45) is 2.01. The molecular formula is C24H22NP. The molecule has 1 N–H and O–H groups in total. The minimum absolute atomic E-state index is 0.332. The van der Waals surface area contributed by atoms with Crippen LogP contribution in [-0.2, 0) is 0 Å². The highest BCUT2D eigenvalue weighted by Gasteiger charge is 2.22. The highest BCUT2D eigenvalue weighted by Crippen LogP contribution is 2.36. The van der Waals surface area contributed by atoms with E-state index in [1.54, 1.807) is 0 Å². The van der Waals surface area contributed by atoms with Crippen molar-refractivity contribution in [1.29, 1.82) is 0 Å². The number of aromatic nitrogens is 1. The monoisotopic (exact) mass is 355 g/mol. The van der Waals surface area contributed by atoms with Crippen molar-refractivity contribution in [2.45, 2.75) is 12.8 Å². The van der Waals surface area contributed by atoms with Gasteiger partial charge in [-0.3, -0.25) is 0 Å². The summed E-state index contributed by atoms with van der Waals surface area (Å²) in [6.45, 7) is 2.29. The fraction of sp³-hybridized carbons (Fsp3) is 0.0833. The molecule has 1 aromatic heterocycles. The van der Waals surface area contributed by atoms with Gasteiger partial charge in [0.05, 0.1) is 0 Å². The second kappa shape index (κ2) is 7.72. The van der Waals surface area contributed by atoms with E-state index in [0.717, 1.165) is 0 Å². The van der Waals surface area contributed by atoms with Crippen LogP contribution in [0.3, 0.4) is 0 Å². The summed E-state index contributed by atoms with van der Waals surface area (Å²) in [4.78, 5) is 3.39. The quantitative estimate of drug-likeness (QED) is 0.489. The SMILES string of the molecule is C[C@@H](c1ccc[nH]1)c1ccccc1P(c1ccccc1)c1ccccc1. The van der Waals surface area contributed by atoms with Crippen molar-refractivity contribution in [2.24, 2.45) is 0 Å². The topological polar surface area (TPSA) is 15.8 Å². The average Bonchev–Trinajstić information content (AvgIpc) is 3.25. The van der Waals surface area contributed by atoms with Crippen LogP contribution in [-0.4, -0.2) is 4.98 Å². The van der Waals surface area contributed by atoms with Gasteiger partial charge in [-0.05, 0) is 41.5 Å². The van der Waals surface area contributed by atoms with Crippen LogP contribution in [0.4, 0.5) is 0 Å². The van der Waals surface area contributed by atoms with Crippen LogP contribution in [0.25, 0.3) is 0 Å². The van der Waals surface area contributed by atoms with Gasteiger partial charge in [-0.15, -0.1) is 0 Å². The fourth-order valence-electron chi connectivity index (χ4n) is 3.42. The third-order valence-electron chi connectivity index (χ3n) is 4.76. The summed E-state index contributed by atoms with van der Waals surface area (Å²) in [7, 11) is -0.589. The molecule has 0 aliphatic rings. The molecule has 0 aliphatic heterocycles. The molecule has 0 radical (unpaired) electrons. The molecule has 0 saturated carbocycles. The van der Waals surface area contributed by atoms with E-state index < -0.39 is 7.92 Å². The van der Waals surface area contributed by atoms with E-state index in [9.17, 15) is 0 Å². The Hall–Kier alpha value is -2.63. The molecular weight excluding hydrogens is 333 g/mol. The van der Waals surface area contributed by atoms with Crippen LogP contribution in [0, 0.1) is 0 Å². The smallest absolute Gasteiger partial charge is 0.0220 e. The fourth-order valence-corrected chi connectivity index (χ4v) is 5.98. The Morgan fingerprint density at radius 1 is 0.654 bits per heavy atom. The Balaban J connectivity index is 1.87. The van der Waals surface area contributed by atoms with Crippen LogP contribution >= 0.6 is 7.92 Å². The zero-order valence-electron chi connectivity index (χ0n) is 14.8. The molecule has 3 aromatic carbocycles. The Bertz CT molecular complexity index is 906. The molecule has 4 aromatic rings. The van der Waals surface area contributed by atoms with Crippen molar-refractivity contribution in [3.05, 3.63) is 115 Å². The van der Waals surface area contributed by atoms with Gasteiger partial charge in [-0.1, -0.05) is 91.9 Å². The second-order valence-electron chi connectivity index (χ2n) is 6.41. The summed E-state index contributed by atoms with van der Waals surface area (Å²) < 4.78 is 0. The molecule has 0 bridgehead atoms. The molecule has 2 heteroatoms. The van der Waals surface area contributed by atoms with Gasteiger partial charge in [0, 0.05) is 17.8 Å². The van der Waals surface area contributed by atoms with Gasteiger partial charge in [0.25, 0.3) is 0 Å². The van der Waals surface area contributed by atoms with Crippen LogP contribution in [0.5, 0.6) is 0 Å². The van der Waals surface area contributed by atoms with Crippen molar-refractivity contribution < 1.29 is 0 Å². The molecule has 1 nitrogen and oxygen atoms in total. The van der Waals surface area contributed by atoms with Gasteiger partial charge in [-0.2, -0.15) is 0 Å². The minimum Gasteiger partial charge on any atom is -0.364 e. The van der Waals surface area contributed by atoms with E-state index in [1.165, 1.54) is 27.2 Å². The van der Waals surface area contributed by atoms with E-state index in [4.69, 9.17) is 0 Å². The molecule has 0 aliphatic carbocycles. The first-order valence-corrected chi connectivity index (χ1v) is 10.3. The first-order chi connectivity index (χ1) is 12.8. The third kappa shape index (κ3) is 3.36. The number of benzene rings is 3. The van der Waals surface area contributed by atoms with Crippen LogP contribution in [0.15, 0.2) is 103 Å². The lowest BCUT2D eigenvalue weighted by Gasteiger charge is -2.24. The van der Waals surface area contributed by atoms with Crippen LogP contribution in [0.2, 0.25) is 0 Å². The van der Waals surface area contributed by atoms with E-state index in [-0.39, 0.29) is 0 Å². The van der Waals surface area contributed by atoms with Crippen molar-refractivity contribution >= 4 is 23.8 Å². The zero-order valence-corrected chi connectivity index (χ0v) is 15.7. The molecule has 0 spiro atoms. The summed E-state index contributed by atoms with van der Waals surface area (Å²) >= 11 is 0. The van der Waals surface area contributed by atoms with Gasteiger partial charge in [0.15, 0.2) is 0 Å². The van der Waals surface area contributed by atoms with E-state index in [2.05, 4.69) is 109 Å². The lowest BCUT2D eigenvalue weighted by molar-refractivity contribution is 0.890. The normalized spacial score (nSPS) is 12.2. The standard InChI is InChI=1S/C24H22NP/c1-19(23-16-10-18-25-23)22-15-8-9-17-24(22)26(20-11-4-2-5-12-20)21-13-6-3-7-14-21/h2-19,25H,1H3/t19-/m1/s1. The van der Waals surface area contributed by atoms with E-state index in [1.807, 2.05) is 6.20 Å². The lowest BCUT2D eigenvalue weighted by atomic mass is 9.98. The second-order valence-corrected chi connectivity index (χ2v) is 8.60. The highest BCUT2D eigenvalue weighted by atomic mass is 31.1. The largest absolute Gasteiger partial charge is 0.364 e. The Morgan fingerprint density at radius 3 is 1.81 bits per heavy atom. The molecule has 128 valence electrons. The maximum Gasteiger partial charge on any atom is 0.0220 e. The molecule has 0 amide bonds.